The van der Waals surface area contributed by atoms with Crippen molar-refractivity contribution >= 4 is 6.21 Å². The van der Waals surface area contributed by atoms with E-state index in [0.717, 1.165) is 11.8 Å². The summed E-state index contributed by atoms with van der Waals surface area (Å²) in [5.41, 5.74) is 0.695. The summed E-state index contributed by atoms with van der Waals surface area (Å²) >= 11 is 0. The summed E-state index contributed by atoms with van der Waals surface area (Å²) in [4.78, 5) is 0. The second kappa shape index (κ2) is 3.67. The minimum atomic E-state index is 0.695. The van der Waals surface area contributed by atoms with Crippen LogP contribution in [0.5, 0.6) is 0 Å². The van der Waals surface area contributed by atoms with Gasteiger partial charge < -0.3 is 0 Å². The zero-order chi connectivity index (χ0) is 10.2. The van der Waals surface area contributed by atoms with Crippen molar-refractivity contribution in [1.82, 2.24) is 0 Å². The van der Waals surface area contributed by atoms with Gasteiger partial charge >= 0.3 is 0 Å². The molecule has 1 nitrogen and oxygen atoms in total. The van der Waals surface area contributed by atoms with Crippen molar-refractivity contribution in [3.63, 3.8) is 0 Å². The molecule has 0 aromatic carbocycles. The molecule has 0 bridgehead atoms. The van der Waals surface area contributed by atoms with Crippen LogP contribution in [0.25, 0.3) is 0 Å². The molecule has 2 rings (SSSR count). The molecule has 14 heavy (non-hydrogen) atoms. The molecule has 1 saturated carbocycles. The van der Waals surface area contributed by atoms with Crippen molar-refractivity contribution in [2.75, 3.05) is 13.6 Å². The highest BCUT2D eigenvalue weighted by Gasteiger charge is 2.63. The molecule has 1 heteroatoms. The van der Waals surface area contributed by atoms with Gasteiger partial charge in [-0.05, 0) is 17.8 Å². The predicted octanol–water partition coefficient (Wildman–Crippen LogP) is 2.94. The molecular weight excluding hydrogens is 170 g/mol. The lowest BCUT2D eigenvalue weighted by Gasteiger charge is -2.10. The second-order valence-corrected chi connectivity index (χ2v) is 5.54. The first-order chi connectivity index (χ1) is 6.68. The Balaban J connectivity index is 1.83. The van der Waals surface area contributed by atoms with Gasteiger partial charge in [0.15, 0.2) is 0 Å². The number of hydrogen-bond acceptors (Lipinski definition) is 0. The van der Waals surface area contributed by atoms with E-state index in [-0.39, 0.29) is 0 Å². The first-order valence-electron chi connectivity index (χ1n) is 6.22. The van der Waals surface area contributed by atoms with Gasteiger partial charge in [0.05, 0.1) is 0 Å². The third-order valence-corrected chi connectivity index (χ3v) is 4.52. The molecule has 2 aliphatic rings. The van der Waals surface area contributed by atoms with Crippen molar-refractivity contribution in [2.24, 2.45) is 17.3 Å². The van der Waals surface area contributed by atoms with E-state index in [9.17, 15) is 0 Å². The van der Waals surface area contributed by atoms with Crippen molar-refractivity contribution in [2.45, 2.75) is 46.0 Å². The number of fused-ring (bicyclic) bond motifs is 1. The van der Waals surface area contributed by atoms with Gasteiger partial charge in [-0.15, -0.1) is 0 Å². The van der Waals surface area contributed by atoms with Gasteiger partial charge in [0.1, 0.15) is 19.8 Å². The van der Waals surface area contributed by atoms with Crippen molar-refractivity contribution in [1.29, 1.82) is 0 Å². The normalized spacial score (nSPS) is 40.4. The number of unbranched alkanes of at least 4 members (excludes halogenated alkanes) is 2. The molecule has 0 amide bonds. The molecule has 3 unspecified atom stereocenters. The maximum Gasteiger partial charge on any atom is 0.145 e. The Morgan fingerprint density at radius 1 is 1.43 bits per heavy atom. The van der Waals surface area contributed by atoms with E-state index in [2.05, 4.69) is 31.7 Å². The molecule has 1 aliphatic heterocycles. The number of hydrogen-bond donors (Lipinski definition) is 0. The van der Waals surface area contributed by atoms with Crippen LogP contribution >= 0.6 is 0 Å². The Labute approximate surface area is 88.2 Å². The van der Waals surface area contributed by atoms with Gasteiger partial charge in [-0.25, -0.2) is 4.58 Å². The van der Waals surface area contributed by atoms with E-state index in [0.29, 0.717) is 5.41 Å². The van der Waals surface area contributed by atoms with E-state index >= 15 is 0 Å². The Hall–Kier alpha value is -0.330. The molecule has 0 aromatic rings. The van der Waals surface area contributed by atoms with Crippen LogP contribution in [-0.2, 0) is 0 Å². The molecule has 1 fully saturated rings. The first kappa shape index (κ1) is 10.2. The fraction of sp³-hybridized carbons (Fsp3) is 0.923. The average molecular weight is 194 g/mol. The Kier molecular flexibility index (Phi) is 2.68. The fourth-order valence-electron chi connectivity index (χ4n) is 3.29. The summed E-state index contributed by atoms with van der Waals surface area (Å²) < 4.78 is 2.40. The standard InChI is InChI=1S/C13H24N/c1-4-5-6-7-11-12-10-14(3)9-8-13(11,12)2/h9,11-12H,4-8,10H2,1-3H3/q+1. The van der Waals surface area contributed by atoms with E-state index in [1.807, 2.05) is 0 Å². The molecular formula is C13H24N+. The maximum absolute atomic E-state index is 2.50. The minimum absolute atomic E-state index is 0.695. The highest BCUT2D eigenvalue weighted by atomic mass is 15.0. The van der Waals surface area contributed by atoms with Crippen molar-refractivity contribution < 1.29 is 4.58 Å². The van der Waals surface area contributed by atoms with Gasteiger partial charge in [-0.1, -0.05) is 33.1 Å². The molecule has 80 valence electrons. The quantitative estimate of drug-likeness (QED) is 0.478. The zero-order valence-electron chi connectivity index (χ0n) is 9.92. The smallest absolute Gasteiger partial charge is 0.145 e. The van der Waals surface area contributed by atoms with E-state index in [1.165, 1.54) is 38.6 Å². The number of nitrogens with zero attached hydrogens (tertiary/aromatic N) is 1. The summed E-state index contributed by atoms with van der Waals surface area (Å²) in [6, 6.07) is 0. The van der Waals surface area contributed by atoms with Gasteiger partial charge in [0.2, 0.25) is 0 Å². The topological polar surface area (TPSA) is 3.01 Å². The van der Waals surface area contributed by atoms with Crippen LogP contribution in [-0.4, -0.2) is 24.4 Å². The Bertz CT molecular complexity index is 244. The summed E-state index contributed by atoms with van der Waals surface area (Å²) in [5, 5.41) is 0. The molecule has 0 radical (unpaired) electrons. The van der Waals surface area contributed by atoms with Crippen LogP contribution in [0.15, 0.2) is 0 Å². The molecule has 0 saturated heterocycles. The summed E-state index contributed by atoms with van der Waals surface area (Å²) in [5.74, 6) is 2.05. The SMILES string of the molecule is CCCCCC1C2C[N+](C)=CCC12C. The van der Waals surface area contributed by atoms with E-state index in [1.54, 1.807) is 0 Å². The van der Waals surface area contributed by atoms with Crippen LogP contribution in [0.4, 0.5) is 0 Å². The molecule has 0 N–H and O–H groups in total. The first-order valence-corrected chi connectivity index (χ1v) is 6.22. The molecule has 1 aliphatic carbocycles. The number of rotatable bonds is 4. The van der Waals surface area contributed by atoms with Gasteiger partial charge in [0.25, 0.3) is 0 Å². The lowest BCUT2D eigenvalue weighted by atomic mass is 9.97. The molecule has 0 aromatic heterocycles. The van der Waals surface area contributed by atoms with Crippen molar-refractivity contribution in [3.05, 3.63) is 0 Å². The van der Waals surface area contributed by atoms with Gasteiger partial charge in [-0.2, -0.15) is 0 Å². The van der Waals surface area contributed by atoms with Crippen LogP contribution in [0.3, 0.4) is 0 Å². The van der Waals surface area contributed by atoms with E-state index in [4.69, 9.17) is 0 Å². The highest BCUT2D eigenvalue weighted by molar-refractivity contribution is 5.55. The van der Waals surface area contributed by atoms with Crippen LogP contribution in [0, 0.1) is 17.3 Å². The third-order valence-electron chi connectivity index (χ3n) is 4.52. The highest BCUT2D eigenvalue weighted by Crippen LogP contribution is 2.63. The van der Waals surface area contributed by atoms with Crippen LogP contribution in [0.1, 0.15) is 46.0 Å². The summed E-state index contributed by atoms with van der Waals surface area (Å²) in [7, 11) is 2.22. The van der Waals surface area contributed by atoms with Gasteiger partial charge in [0, 0.05) is 12.3 Å². The van der Waals surface area contributed by atoms with Crippen LogP contribution < -0.4 is 0 Å². The fourth-order valence-corrected chi connectivity index (χ4v) is 3.29. The minimum Gasteiger partial charge on any atom is -0.242 e. The third kappa shape index (κ3) is 1.62. The average Bonchev–Trinajstić information content (AvgIpc) is 2.72. The zero-order valence-corrected chi connectivity index (χ0v) is 9.92. The van der Waals surface area contributed by atoms with E-state index < -0.39 is 0 Å². The monoisotopic (exact) mass is 194 g/mol. The molecule has 3 atom stereocenters. The summed E-state index contributed by atoms with van der Waals surface area (Å²) in [6.07, 6.45) is 9.45. The Morgan fingerprint density at radius 3 is 2.86 bits per heavy atom. The summed E-state index contributed by atoms with van der Waals surface area (Å²) in [6.45, 7) is 6.11. The van der Waals surface area contributed by atoms with Crippen LogP contribution in [0.2, 0.25) is 0 Å². The maximum atomic E-state index is 2.50. The predicted molar refractivity (Wildman–Crippen MR) is 61.0 cm³/mol. The Morgan fingerprint density at radius 2 is 2.21 bits per heavy atom. The lowest BCUT2D eigenvalue weighted by molar-refractivity contribution is -0.502. The largest absolute Gasteiger partial charge is 0.242 e. The lowest BCUT2D eigenvalue weighted by Crippen LogP contribution is -2.20. The molecule has 0 spiro atoms. The molecule has 1 heterocycles. The second-order valence-electron chi connectivity index (χ2n) is 5.54. The van der Waals surface area contributed by atoms with Crippen molar-refractivity contribution in [3.8, 4) is 0 Å². The van der Waals surface area contributed by atoms with Gasteiger partial charge in [-0.3, -0.25) is 0 Å².